The molecule has 30 heavy (non-hydrogen) atoms. The van der Waals surface area contributed by atoms with Gasteiger partial charge in [-0.05, 0) is 67.9 Å². The zero-order chi connectivity index (χ0) is 20.9. The first-order chi connectivity index (χ1) is 14.6. The molecule has 2 heterocycles. The van der Waals surface area contributed by atoms with Crippen molar-refractivity contribution >= 4 is 22.4 Å². The molecule has 2 aromatic heterocycles. The number of hydrogen-bond donors (Lipinski definition) is 2. The van der Waals surface area contributed by atoms with Gasteiger partial charge >= 0.3 is 0 Å². The lowest BCUT2D eigenvalue weighted by Gasteiger charge is -2.12. The maximum absolute atomic E-state index is 5.95. The predicted molar refractivity (Wildman–Crippen MR) is 119 cm³/mol. The molecule has 0 bridgehead atoms. The first-order valence-electron chi connectivity index (χ1n) is 9.54. The normalized spacial score (nSPS) is 10.4. The van der Waals surface area contributed by atoms with Gasteiger partial charge in [0.1, 0.15) is 23.6 Å². The van der Waals surface area contributed by atoms with Gasteiger partial charge in [0.25, 0.3) is 0 Å². The summed E-state index contributed by atoms with van der Waals surface area (Å²) in [5, 5.41) is 4.27. The summed E-state index contributed by atoms with van der Waals surface area (Å²) < 4.78 is 5.95. The van der Waals surface area contributed by atoms with Gasteiger partial charge in [0, 0.05) is 22.3 Å². The molecular weight excluding hydrogens is 374 g/mol. The molecule has 0 aliphatic heterocycles. The highest BCUT2D eigenvalue weighted by Gasteiger charge is 2.08. The fourth-order valence-electron chi connectivity index (χ4n) is 3.01. The molecule has 4 rings (SSSR count). The topological polar surface area (TPSA) is 86.0 Å². The van der Waals surface area contributed by atoms with E-state index in [4.69, 9.17) is 10.5 Å². The number of fused-ring (bicyclic) bond motifs is 1. The van der Waals surface area contributed by atoms with Crippen molar-refractivity contribution < 1.29 is 4.74 Å². The summed E-state index contributed by atoms with van der Waals surface area (Å²) in [5.41, 5.74) is 10.0. The van der Waals surface area contributed by atoms with E-state index >= 15 is 0 Å². The average molecular weight is 395 g/mol. The zero-order valence-electron chi connectivity index (χ0n) is 16.8. The van der Waals surface area contributed by atoms with Crippen LogP contribution in [0.4, 0.5) is 11.5 Å². The van der Waals surface area contributed by atoms with Crippen molar-refractivity contribution in [1.29, 1.82) is 0 Å². The summed E-state index contributed by atoms with van der Waals surface area (Å²) in [6.07, 6.45) is 3.27. The molecule has 148 valence electrons. The third-order valence-electron chi connectivity index (χ3n) is 4.52. The number of pyridine rings is 1. The number of aryl methyl sites for hydroxylation is 2. The van der Waals surface area contributed by atoms with Crippen LogP contribution in [0.1, 0.15) is 16.8 Å². The molecule has 0 atom stereocenters. The number of rotatable bonds is 4. The van der Waals surface area contributed by atoms with Crippen molar-refractivity contribution in [3.05, 3.63) is 77.9 Å². The van der Waals surface area contributed by atoms with Crippen LogP contribution in [0, 0.1) is 25.7 Å². The quantitative estimate of drug-likeness (QED) is 0.495. The minimum Gasteiger partial charge on any atom is -0.455 e. The Labute approximate surface area is 175 Å². The average Bonchev–Trinajstić information content (AvgIpc) is 2.76. The Balaban J connectivity index is 1.60. The number of aromatic nitrogens is 3. The van der Waals surface area contributed by atoms with Crippen LogP contribution in [-0.2, 0) is 0 Å². The number of ether oxygens (including phenoxy) is 1. The van der Waals surface area contributed by atoms with Gasteiger partial charge in [0.15, 0.2) is 0 Å². The second-order valence-corrected chi connectivity index (χ2v) is 6.80. The summed E-state index contributed by atoms with van der Waals surface area (Å²) in [5.74, 6) is 8.12. The van der Waals surface area contributed by atoms with E-state index in [1.165, 1.54) is 0 Å². The number of anilines is 2. The largest absolute Gasteiger partial charge is 0.455 e. The third-order valence-corrected chi connectivity index (χ3v) is 4.52. The van der Waals surface area contributed by atoms with Crippen LogP contribution in [0.3, 0.4) is 0 Å². The lowest BCUT2D eigenvalue weighted by atomic mass is 10.1. The van der Waals surface area contributed by atoms with Crippen molar-refractivity contribution in [3.8, 4) is 23.3 Å². The van der Waals surface area contributed by atoms with Gasteiger partial charge in [-0.2, -0.15) is 0 Å². The molecule has 3 N–H and O–H groups in total. The highest BCUT2D eigenvalue weighted by molar-refractivity contribution is 5.91. The van der Waals surface area contributed by atoms with Crippen LogP contribution < -0.4 is 15.8 Å². The minimum atomic E-state index is 0.320. The van der Waals surface area contributed by atoms with Crippen LogP contribution in [0.5, 0.6) is 11.5 Å². The number of benzene rings is 2. The molecule has 0 fully saturated rings. The van der Waals surface area contributed by atoms with E-state index in [2.05, 4.69) is 32.1 Å². The highest BCUT2D eigenvalue weighted by Crippen LogP contribution is 2.29. The SMILES string of the molecule is Cc1ccc(Oc2ccc(Nc3ncnc4ccc(C#CCN)cc34)cc2C)cn1. The van der Waals surface area contributed by atoms with Gasteiger partial charge in [-0.1, -0.05) is 11.8 Å². The van der Waals surface area contributed by atoms with E-state index < -0.39 is 0 Å². The Morgan fingerprint density at radius 2 is 1.90 bits per heavy atom. The standard InChI is InChI=1S/C24H21N5O/c1-16-12-19(7-10-23(16)30-20-8-5-17(2)26-14-20)29-24-21-13-18(4-3-11-25)6-9-22(21)27-15-28-24/h5-10,12-15H,11,25H2,1-2H3,(H,27,28,29). The third kappa shape index (κ3) is 4.37. The number of hydrogen-bond acceptors (Lipinski definition) is 6. The monoisotopic (exact) mass is 395 g/mol. The van der Waals surface area contributed by atoms with Crippen LogP contribution in [-0.4, -0.2) is 21.5 Å². The molecule has 0 saturated carbocycles. The Morgan fingerprint density at radius 3 is 2.67 bits per heavy atom. The predicted octanol–water partition coefficient (Wildman–Crippen LogP) is 4.49. The Morgan fingerprint density at radius 1 is 1.00 bits per heavy atom. The lowest BCUT2D eigenvalue weighted by molar-refractivity contribution is 0.476. The molecule has 0 amide bonds. The van der Waals surface area contributed by atoms with Crippen molar-refractivity contribution in [2.45, 2.75) is 13.8 Å². The van der Waals surface area contributed by atoms with Gasteiger partial charge in [-0.25, -0.2) is 9.97 Å². The Hall–Kier alpha value is -3.95. The molecule has 2 aromatic carbocycles. The lowest BCUT2D eigenvalue weighted by Crippen LogP contribution is -1.98. The van der Waals surface area contributed by atoms with Gasteiger partial charge < -0.3 is 15.8 Å². The zero-order valence-corrected chi connectivity index (χ0v) is 16.8. The summed E-state index contributed by atoms with van der Waals surface area (Å²) in [7, 11) is 0. The summed E-state index contributed by atoms with van der Waals surface area (Å²) >= 11 is 0. The van der Waals surface area contributed by atoms with Crippen LogP contribution in [0.25, 0.3) is 10.9 Å². The van der Waals surface area contributed by atoms with Crippen molar-refractivity contribution in [2.24, 2.45) is 5.73 Å². The molecule has 6 heteroatoms. The molecular formula is C24H21N5O. The van der Waals surface area contributed by atoms with Crippen molar-refractivity contribution in [1.82, 2.24) is 15.0 Å². The van der Waals surface area contributed by atoms with Crippen molar-refractivity contribution in [3.63, 3.8) is 0 Å². The number of nitrogens with two attached hydrogens (primary N) is 1. The number of nitrogens with one attached hydrogen (secondary N) is 1. The minimum absolute atomic E-state index is 0.320. The Kier molecular flexibility index (Phi) is 5.55. The smallest absolute Gasteiger partial charge is 0.145 e. The van der Waals surface area contributed by atoms with Gasteiger partial charge in [-0.15, -0.1) is 0 Å². The van der Waals surface area contributed by atoms with Gasteiger partial charge in [-0.3, -0.25) is 4.98 Å². The maximum Gasteiger partial charge on any atom is 0.145 e. The van der Waals surface area contributed by atoms with E-state index in [0.29, 0.717) is 18.1 Å². The van der Waals surface area contributed by atoms with Crippen LogP contribution in [0.2, 0.25) is 0 Å². The first-order valence-corrected chi connectivity index (χ1v) is 9.54. The van der Waals surface area contributed by atoms with Crippen LogP contribution >= 0.6 is 0 Å². The fraction of sp³-hybridized carbons (Fsp3) is 0.125. The second-order valence-electron chi connectivity index (χ2n) is 6.80. The van der Waals surface area contributed by atoms with Crippen LogP contribution in [0.15, 0.2) is 61.1 Å². The van der Waals surface area contributed by atoms with E-state index in [9.17, 15) is 0 Å². The summed E-state index contributed by atoms with van der Waals surface area (Å²) in [6, 6.07) is 15.6. The maximum atomic E-state index is 5.95. The van der Waals surface area contributed by atoms with E-state index in [0.717, 1.165) is 39.2 Å². The molecule has 0 aliphatic rings. The molecule has 4 aromatic rings. The fourth-order valence-corrected chi connectivity index (χ4v) is 3.01. The second kappa shape index (κ2) is 8.60. The molecule has 0 saturated heterocycles. The Bertz CT molecular complexity index is 1260. The van der Waals surface area contributed by atoms with E-state index in [1.54, 1.807) is 12.5 Å². The molecule has 0 aliphatic carbocycles. The van der Waals surface area contributed by atoms with Gasteiger partial charge in [0.2, 0.25) is 0 Å². The molecule has 0 spiro atoms. The van der Waals surface area contributed by atoms with Crippen molar-refractivity contribution in [2.75, 3.05) is 11.9 Å². The summed E-state index contributed by atoms with van der Waals surface area (Å²) in [4.78, 5) is 13.0. The summed E-state index contributed by atoms with van der Waals surface area (Å²) in [6.45, 7) is 4.27. The molecule has 0 unspecified atom stereocenters. The molecule has 0 radical (unpaired) electrons. The highest BCUT2D eigenvalue weighted by atomic mass is 16.5. The van der Waals surface area contributed by atoms with Gasteiger partial charge in [0.05, 0.1) is 18.3 Å². The number of nitrogens with zero attached hydrogens (tertiary/aromatic N) is 3. The van der Waals surface area contributed by atoms with E-state index in [-0.39, 0.29) is 0 Å². The molecule has 6 nitrogen and oxygen atoms in total. The van der Waals surface area contributed by atoms with E-state index in [1.807, 2.05) is 62.4 Å². The first kappa shape index (κ1) is 19.4.